The van der Waals surface area contributed by atoms with Crippen molar-refractivity contribution in [2.45, 2.75) is 13.0 Å². The monoisotopic (exact) mass is 140 g/mol. The fraction of sp³-hybridized carbons (Fsp3) is 0.429. The van der Waals surface area contributed by atoms with Gasteiger partial charge in [0.05, 0.1) is 13.2 Å². The highest BCUT2D eigenvalue weighted by atomic mass is 32.1. The maximum atomic E-state index is 5.26. The Morgan fingerprint density at radius 3 is 3.44 bits per heavy atom. The van der Waals surface area contributed by atoms with Gasteiger partial charge in [0.2, 0.25) is 0 Å². The van der Waals surface area contributed by atoms with Crippen LogP contribution in [0.25, 0.3) is 0 Å². The third-order valence-electron chi connectivity index (χ3n) is 1.57. The lowest BCUT2D eigenvalue weighted by Gasteiger charge is -2.10. The summed E-state index contributed by atoms with van der Waals surface area (Å²) in [5, 5.41) is 2.14. The summed E-state index contributed by atoms with van der Waals surface area (Å²) in [6.45, 7) is 1.74. The van der Waals surface area contributed by atoms with Crippen molar-refractivity contribution in [2.24, 2.45) is 0 Å². The predicted octanol–water partition coefficient (Wildman–Crippen LogP) is 1.82. The first-order valence-electron chi connectivity index (χ1n) is 3.10. The molecule has 2 rings (SSSR count). The second kappa shape index (κ2) is 2.12. The van der Waals surface area contributed by atoms with Crippen LogP contribution in [-0.2, 0) is 17.8 Å². The highest BCUT2D eigenvalue weighted by Crippen LogP contribution is 2.21. The van der Waals surface area contributed by atoms with E-state index in [1.165, 1.54) is 10.4 Å². The van der Waals surface area contributed by atoms with E-state index in [2.05, 4.69) is 11.4 Å². The Hall–Kier alpha value is -0.340. The quantitative estimate of drug-likeness (QED) is 0.534. The van der Waals surface area contributed by atoms with E-state index in [-0.39, 0.29) is 0 Å². The lowest BCUT2D eigenvalue weighted by atomic mass is 10.2. The second-order valence-corrected chi connectivity index (χ2v) is 3.17. The predicted molar refractivity (Wildman–Crippen MR) is 37.7 cm³/mol. The Labute approximate surface area is 58.3 Å². The maximum Gasteiger partial charge on any atom is 0.0727 e. The number of ether oxygens (including phenoxy) is 1. The molecule has 0 fully saturated rings. The molecule has 9 heavy (non-hydrogen) atoms. The van der Waals surface area contributed by atoms with Gasteiger partial charge in [-0.1, -0.05) is 0 Å². The molecule has 2 heteroatoms. The largest absolute Gasteiger partial charge is 0.376 e. The number of hydrogen-bond donors (Lipinski definition) is 0. The summed E-state index contributed by atoms with van der Waals surface area (Å²) in [5.74, 6) is 0. The normalized spacial score (nSPS) is 17.3. The van der Waals surface area contributed by atoms with Crippen LogP contribution in [0.2, 0.25) is 0 Å². The SMILES string of the molecule is c1cc2c(s1)CCOC2. The molecule has 0 atom stereocenters. The molecule has 48 valence electrons. The average Bonchev–Trinajstić information content (AvgIpc) is 2.33. The van der Waals surface area contributed by atoms with E-state index in [1.54, 1.807) is 0 Å². The summed E-state index contributed by atoms with van der Waals surface area (Å²) in [6.07, 6.45) is 1.12. The van der Waals surface area contributed by atoms with Gasteiger partial charge in [-0.3, -0.25) is 0 Å². The molecule has 1 aliphatic rings. The molecule has 1 aliphatic heterocycles. The van der Waals surface area contributed by atoms with Crippen LogP contribution in [0.4, 0.5) is 0 Å². The fourth-order valence-corrected chi connectivity index (χ4v) is 1.94. The summed E-state index contributed by atoms with van der Waals surface area (Å²) in [5.41, 5.74) is 1.39. The molecule has 0 aromatic carbocycles. The van der Waals surface area contributed by atoms with E-state index < -0.39 is 0 Å². The highest BCUT2D eigenvalue weighted by molar-refractivity contribution is 7.10. The van der Waals surface area contributed by atoms with Crippen LogP contribution in [0, 0.1) is 0 Å². The van der Waals surface area contributed by atoms with Crippen molar-refractivity contribution < 1.29 is 4.74 Å². The fourth-order valence-electron chi connectivity index (χ4n) is 1.06. The van der Waals surface area contributed by atoms with E-state index >= 15 is 0 Å². The second-order valence-electron chi connectivity index (χ2n) is 2.17. The van der Waals surface area contributed by atoms with Crippen molar-refractivity contribution in [3.05, 3.63) is 21.9 Å². The Morgan fingerprint density at radius 1 is 1.56 bits per heavy atom. The molecule has 0 aliphatic carbocycles. The Kier molecular flexibility index (Phi) is 1.28. The van der Waals surface area contributed by atoms with E-state index in [4.69, 9.17) is 4.74 Å². The molecule has 1 nitrogen and oxygen atoms in total. The van der Waals surface area contributed by atoms with Crippen molar-refractivity contribution in [2.75, 3.05) is 6.61 Å². The average molecular weight is 140 g/mol. The van der Waals surface area contributed by atoms with Crippen molar-refractivity contribution in [3.8, 4) is 0 Å². The molecule has 1 aromatic rings. The third kappa shape index (κ3) is 0.884. The third-order valence-corrected chi connectivity index (χ3v) is 2.59. The molecule has 2 heterocycles. The molecule has 0 saturated heterocycles. The minimum Gasteiger partial charge on any atom is -0.376 e. The van der Waals surface area contributed by atoms with E-state index in [9.17, 15) is 0 Å². The van der Waals surface area contributed by atoms with Crippen molar-refractivity contribution >= 4 is 11.3 Å². The molecule has 0 radical (unpaired) electrons. The lowest BCUT2D eigenvalue weighted by molar-refractivity contribution is 0.112. The summed E-state index contributed by atoms with van der Waals surface area (Å²) in [6, 6.07) is 2.15. The standard InChI is InChI=1S/C7H8OS/c1-3-8-5-6-2-4-9-7(1)6/h2,4H,1,3,5H2. The van der Waals surface area contributed by atoms with Crippen LogP contribution >= 0.6 is 11.3 Å². The molecule has 0 spiro atoms. The Balaban J connectivity index is 2.39. The van der Waals surface area contributed by atoms with Gasteiger partial charge >= 0.3 is 0 Å². The number of rotatable bonds is 0. The van der Waals surface area contributed by atoms with Crippen LogP contribution in [0.3, 0.4) is 0 Å². The highest BCUT2D eigenvalue weighted by Gasteiger charge is 2.08. The molecule has 1 aromatic heterocycles. The molecule has 0 N–H and O–H groups in total. The first kappa shape index (κ1) is 5.45. The van der Waals surface area contributed by atoms with E-state index in [1.807, 2.05) is 11.3 Å². The zero-order chi connectivity index (χ0) is 6.10. The molecular formula is C7H8OS. The summed E-state index contributed by atoms with van der Waals surface area (Å²) >= 11 is 1.85. The van der Waals surface area contributed by atoms with Gasteiger partial charge in [-0.2, -0.15) is 0 Å². The smallest absolute Gasteiger partial charge is 0.0727 e. The molecule has 0 saturated carbocycles. The Morgan fingerprint density at radius 2 is 2.56 bits per heavy atom. The van der Waals surface area contributed by atoms with E-state index in [0.717, 1.165) is 19.6 Å². The number of hydrogen-bond acceptors (Lipinski definition) is 2. The van der Waals surface area contributed by atoms with Gasteiger partial charge in [-0.15, -0.1) is 11.3 Å². The van der Waals surface area contributed by atoms with E-state index in [0.29, 0.717) is 0 Å². The van der Waals surface area contributed by atoms with Gasteiger partial charge in [-0.05, 0) is 17.0 Å². The van der Waals surface area contributed by atoms with Crippen LogP contribution in [0.5, 0.6) is 0 Å². The molecule has 0 bridgehead atoms. The van der Waals surface area contributed by atoms with Crippen molar-refractivity contribution in [1.29, 1.82) is 0 Å². The van der Waals surface area contributed by atoms with Gasteiger partial charge < -0.3 is 4.74 Å². The molecule has 0 unspecified atom stereocenters. The Bertz CT molecular complexity index is 184. The van der Waals surface area contributed by atoms with Gasteiger partial charge in [0.15, 0.2) is 0 Å². The molecular weight excluding hydrogens is 132 g/mol. The first-order chi connectivity index (χ1) is 4.47. The van der Waals surface area contributed by atoms with Crippen molar-refractivity contribution in [3.63, 3.8) is 0 Å². The van der Waals surface area contributed by atoms with Crippen LogP contribution in [0.15, 0.2) is 11.4 Å². The zero-order valence-corrected chi connectivity index (χ0v) is 5.91. The topological polar surface area (TPSA) is 9.23 Å². The van der Waals surface area contributed by atoms with Crippen LogP contribution < -0.4 is 0 Å². The van der Waals surface area contributed by atoms with Gasteiger partial charge in [-0.25, -0.2) is 0 Å². The minimum atomic E-state index is 0.832. The summed E-state index contributed by atoms with van der Waals surface area (Å²) in [4.78, 5) is 1.52. The number of thiophene rings is 1. The first-order valence-corrected chi connectivity index (χ1v) is 3.98. The van der Waals surface area contributed by atoms with Gasteiger partial charge in [0.25, 0.3) is 0 Å². The minimum absolute atomic E-state index is 0.832. The van der Waals surface area contributed by atoms with Gasteiger partial charge in [0, 0.05) is 11.3 Å². The van der Waals surface area contributed by atoms with Crippen molar-refractivity contribution in [1.82, 2.24) is 0 Å². The van der Waals surface area contributed by atoms with Crippen LogP contribution in [-0.4, -0.2) is 6.61 Å². The van der Waals surface area contributed by atoms with Crippen LogP contribution in [0.1, 0.15) is 10.4 Å². The molecule has 0 amide bonds. The summed E-state index contributed by atoms with van der Waals surface area (Å²) in [7, 11) is 0. The van der Waals surface area contributed by atoms with Gasteiger partial charge in [0.1, 0.15) is 0 Å². The lowest BCUT2D eigenvalue weighted by Crippen LogP contribution is -2.05. The number of fused-ring (bicyclic) bond motifs is 1. The summed E-state index contributed by atoms with van der Waals surface area (Å²) < 4.78 is 5.26. The zero-order valence-electron chi connectivity index (χ0n) is 5.09. The maximum absolute atomic E-state index is 5.26.